The highest BCUT2D eigenvalue weighted by Gasteiger charge is 2.17. The molecule has 2 atom stereocenters. The Labute approximate surface area is 92.8 Å². The van der Waals surface area contributed by atoms with Crippen LogP contribution in [0.1, 0.15) is 26.2 Å². The Balaban J connectivity index is 1.92. The smallest absolute Gasteiger partial charge is 0.0591 e. The van der Waals surface area contributed by atoms with Gasteiger partial charge in [0.25, 0.3) is 0 Å². The van der Waals surface area contributed by atoms with Gasteiger partial charge in [-0.25, -0.2) is 0 Å². The van der Waals surface area contributed by atoms with Crippen LogP contribution in [0.15, 0.2) is 12.7 Å². The van der Waals surface area contributed by atoms with Gasteiger partial charge in [-0.3, -0.25) is 0 Å². The van der Waals surface area contributed by atoms with Gasteiger partial charge in [0, 0.05) is 19.2 Å². The Bertz CT molecular complexity index is 173. The van der Waals surface area contributed by atoms with Gasteiger partial charge < -0.3 is 14.8 Å². The van der Waals surface area contributed by atoms with E-state index in [4.69, 9.17) is 9.47 Å². The Morgan fingerprint density at radius 3 is 3.13 bits per heavy atom. The molecular formula is C12H23NO2. The molecule has 1 aliphatic heterocycles. The van der Waals surface area contributed by atoms with Crippen molar-refractivity contribution in [2.75, 3.05) is 26.4 Å². The predicted octanol–water partition coefficient (Wildman–Crippen LogP) is 1.74. The van der Waals surface area contributed by atoms with Crippen molar-refractivity contribution in [3.05, 3.63) is 12.7 Å². The van der Waals surface area contributed by atoms with Crippen LogP contribution < -0.4 is 5.32 Å². The van der Waals surface area contributed by atoms with Crippen LogP contribution in [0.4, 0.5) is 0 Å². The summed E-state index contributed by atoms with van der Waals surface area (Å²) in [6.07, 6.45) is 5.46. The van der Waals surface area contributed by atoms with Gasteiger partial charge in [0.15, 0.2) is 0 Å². The number of nitrogens with one attached hydrogen (secondary N) is 1. The van der Waals surface area contributed by atoms with Crippen LogP contribution in [-0.2, 0) is 9.47 Å². The summed E-state index contributed by atoms with van der Waals surface area (Å²) in [6.45, 7) is 9.19. The van der Waals surface area contributed by atoms with Crippen molar-refractivity contribution in [3.63, 3.8) is 0 Å². The van der Waals surface area contributed by atoms with E-state index in [1.165, 1.54) is 0 Å². The fourth-order valence-electron chi connectivity index (χ4n) is 1.79. The molecule has 0 aromatic carbocycles. The van der Waals surface area contributed by atoms with Crippen molar-refractivity contribution in [1.29, 1.82) is 0 Å². The first-order valence-electron chi connectivity index (χ1n) is 5.86. The minimum Gasteiger partial charge on any atom is -0.380 e. The topological polar surface area (TPSA) is 30.5 Å². The van der Waals surface area contributed by atoms with E-state index >= 15 is 0 Å². The molecule has 1 rings (SSSR count). The van der Waals surface area contributed by atoms with Gasteiger partial charge in [-0.1, -0.05) is 6.08 Å². The Morgan fingerprint density at radius 1 is 1.53 bits per heavy atom. The summed E-state index contributed by atoms with van der Waals surface area (Å²) >= 11 is 0. The van der Waals surface area contributed by atoms with E-state index in [1.54, 1.807) is 0 Å². The van der Waals surface area contributed by atoms with Crippen molar-refractivity contribution in [1.82, 2.24) is 5.32 Å². The maximum atomic E-state index is 5.49. The molecule has 0 aromatic heterocycles. The average Bonchev–Trinajstić information content (AvgIpc) is 2.23. The highest BCUT2D eigenvalue weighted by Crippen LogP contribution is 2.12. The first kappa shape index (κ1) is 12.7. The standard InChI is InChI=1S/C12H23NO2/c1-3-4-7-14-9-6-13-12-5-8-15-11(2)10-12/h3,11-13H,1,4-10H2,2H3. The SMILES string of the molecule is C=CCCOCCNC1CCOC(C)C1. The van der Waals surface area contributed by atoms with Gasteiger partial charge in [-0.15, -0.1) is 6.58 Å². The Hall–Kier alpha value is -0.380. The van der Waals surface area contributed by atoms with Crippen LogP contribution in [0.25, 0.3) is 0 Å². The molecule has 0 aromatic rings. The fraction of sp³-hybridized carbons (Fsp3) is 0.833. The van der Waals surface area contributed by atoms with E-state index in [2.05, 4.69) is 18.8 Å². The molecular weight excluding hydrogens is 190 g/mol. The quantitative estimate of drug-likeness (QED) is 0.516. The molecule has 1 N–H and O–H groups in total. The first-order chi connectivity index (χ1) is 7.33. The largest absolute Gasteiger partial charge is 0.380 e. The van der Waals surface area contributed by atoms with Crippen LogP contribution in [0.3, 0.4) is 0 Å². The Morgan fingerprint density at radius 2 is 2.40 bits per heavy atom. The van der Waals surface area contributed by atoms with Crippen LogP contribution in [0, 0.1) is 0 Å². The molecule has 3 nitrogen and oxygen atoms in total. The molecule has 88 valence electrons. The summed E-state index contributed by atoms with van der Waals surface area (Å²) in [5, 5.41) is 3.50. The maximum absolute atomic E-state index is 5.49. The molecule has 1 aliphatic rings. The average molecular weight is 213 g/mol. The van der Waals surface area contributed by atoms with Crippen molar-refractivity contribution in [3.8, 4) is 0 Å². The molecule has 3 heteroatoms. The summed E-state index contributed by atoms with van der Waals surface area (Å²) in [7, 11) is 0. The highest BCUT2D eigenvalue weighted by molar-refractivity contribution is 4.74. The normalized spacial score (nSPS) is 26.5. The Kier molecular flexibility index (Phi) is 6.64. The van der Waals surface area contributed by atoms with Crippen molar-refractivity contribution in [2.45, 2.75) is 38.3 Å². The van der Waals surface area contributed by atoms with Crippen LogP contribution in [0.5, 0.6) is 0 Å². The lowest BCUT2D eigenvalue weighted by molar-refractivity contribution is 0.0118. The maximum Gasteiger partial charge on any atom is 0.0591 e. The second kappa shape index (κ2) is 7.85. The molecule has 0 bridgehead atoms. The van der Waals surface area contributed by atoms with Gasteiger partial charge in [-0.2, -0.15) is 0 Å². The zero-order chi connectivity index (χ0) is 10.9. The molecule has 0 saturated carbocycles. The zero-order valence-electron chi connectivity index (χ0n) is 9.71. The fourth-order valence-corrected chi connectivity index (χ4v) is 1.79. The van der Waals surface area contributed by atoms with Crippen LogP contribution in [-0.4, -0.2) is 38.5 Å². The number of hydrogen-bond acceptors (Lipinski definition) is 3. The van der Waals surface area contributed by atoms with E-state index in [9.17, 15) is 0 Å². The number of rotatable bonds is 7. The monoisotopic (exact) mass is 213 g/mol. The van der Waals surface area contributed by atoms with Gasteiger partial charge in [0.2, 0.25) is 0 Å². The number of ether oxygens (including phenoxy) is 2. The first-order valence-corrected chi connectivity index (χ1v) is 5.86. The molecule has 1 fully saturated rings. The second-order valence-electron chi connectivity index (χ2n) is 4.05. The molecule has 1 saturated heterocycles. The second-order valence-corrected chi connectivity index (χ2v) is 4.05. The van der Waals surface area contributed by atoms with E-state index in [0.717, 1.165) is 45.6 Å². The van der Waals surface area contributed by atoms with E-state index in [0.29, 0.717) is 12.1 Å². The predicted molar refractivity (Wildman–Crippen MR) is 62.1 cm³/mol. The molecule has 0 aliphatic carbocycles. The molecule has 0 spiro atoms. The van der Waals surface area contributed by atoms with E-state index in [1.807, 2.05) is 6.08 Å². The molecule has 0 amide bonds. The van der Waals surface area contributed by atoms with Gasteiger partial charge in [0.05, 0.1) is 19.3 Å². The van der Waals surface area contributed by atoms with Gasteiger partial charge in [-0.05, 0) is 26.2 Å². The van der Waals surface area contributed by atoms with E-state index in [-0.39, 0.29) is 0 Å². The summed E-state index contributed by atoms with van der Waals surface area (Å²) in [5.41, 5.74) is 0. The third-order valence-corrected chi connectivity index (χ3v) is 2.63. The summed E-state index contributed by atoms with van der Waals surface area (Å²) in [4.78, 5) is 0. The molecule has 0 radical (unpaired) electrons. The van der Waals surface area contributed by atoms with Gasteiger partial charge in [0.1, 0.15) is 0 Å². The van der Waals surface area contributed by atoms with Crippen LogP contribution >= 0.6 is 0 Å². The third-order valence-electron chi connectivity index (χ3n) is 2.63. The zero-order valence-corrected chi connectivity index (χ0v) is 9.71. The summed E-state index contributed by atoms with van der Waals surface area (Å²) < 4.78 is 10.9. The minimum absolute atomic E-state index is 0.401. The van der Waals surface area contributed by atoms with Crippen LogP contribution in [0.2, 0.25) is 0 Å². The summed E-state index contributed by atoms with van der Waals surface area (Å²) in [6, 6.07) is 0.608. The number of hydrogen-bond donors (Lipinski definition) is 1. The lowest BCUT2D eigenvalue weighted by atomic mass is 10.0. The van der Waals surface area contributed by atoms with Crippen molar-refractivity contribution < 1.29 is 9.47 Å². The minimum atomic E-state index is 0.401. The third kappa shape index (κ3) is 5.92. The lowest BCUT2D eigenvalue weighted by Gasteiger charge is -2.28. The van der Waals surface area contributed by atoms with E-state index < -0.39 is 0 Å². The van der Waals surface area contributed by atoms with Crippen molar-refractivity contribution in [2.24, 2.45) is 0 Å². The van der Waals surface area contributed by atoms with Crippen molar-refractivity contribution >= 4 is 0 Å². The van der Waals surface area contributed by atoms with Gasteiger partial charge >= 0.3 is 0 Å². The summed E-state index contributed by atoms with van der Waals surface area (Å²) in [5.74, 6) is 0. The highest BCUT2D eigenvalue weighted by atomic mass is 16.5. The molecule has 2 unspecified atom stereocenters. The lowest BCUT2D eigenvalue weighted by Crippen LogP contribution is -2.39. The molecule has 15 heavy (non-hydrogen) atoms. The molecule has 1 heterocycles.